The van der Waals surface area contributed by atoms with Crippen LogP contribution in [0.4, 0.5) is 0 Å². The van der Waals surface area contributed by atoms with E-state index in [1.807, 2.05) is 36.4 Å². The summed E-state index contributed by atoms with van der Waals surface area (Å²) in [6.45, 7) is 0. The Hall–Kier alpha value is -4.63. The minimum absolute atomic E-state index is 0.740. The highest BCUT2D eigenvalue weighted by molar-refractivity contribution is 6.14. The van der Waals surface area contributed by atoms with Crippen molar-refractivity contribution in [1.29, 1.82) is 0 Å². The second-order valence-corrected chi connectivity index (χ2v) is 8.50. The fraction of sp³-hybridized carbons (Fsp3) is 0. The maximum Gasteiger partial charge on any atom is 0.161 e. The van der Waals surface area contributed by atoms with Crippen LogP contribution < -0.4 is 0 Å². The molecule has 0 aliphatic rings. The molecule has 3 heterocycles. The highest BCUT2D eigenvalue weighted by atomic mass is 14.9. The SMILES string of the molecule is c1ccc(-c2ccc3ccc4cc5c(nc(-c6ccccc6)c6ccccc65)nc4c3n2)cc1. The average molecular weight is 434 g/mol. The first kappa shape index (κ1) is 18.9. The summed E-state index contributed by atoms with van der Waals surface area (Å²) < 4.78 is 0. The van der Waals surface area contributed by atoms with Crippen molar-refractivity contribution >= 4 is 43.6 Å². The van der Waals surface area contributed by atoms with Crippen LogP contribution in [0.2, 0.25) is 0 Å². The number of fused-ring (bicyclic) bond motifs is 6. The number of aromatic nitrogens is 3. The minimum atomic E-state index is 0.740. The van der Waals surface area contributed by atoms with E-state index >= 15 is 0 Å². The van der Waals surface area contributed by atoms with Gasteiger partial charge in [-0.2, -0.15) is 0 Å². The zero-order valence-corrected chi connectivity index (χ0v) is 18.3. The Bertz CT molecular complexity index is 1840. The molecular formula is C31H19N3. The molecule has 0 spiro atoms. The van der Waals surface area contributed by atoms with E-state index < -0.39 is 0 Å². The normalized spacial score (nSPS) is 11.5. The van der Waals surface area contributed by atoms with Gasteiger partial charge in [0.2, 0.25) is 0 Å². The van der Waals surface area contributed by atoms with Crippen molar-refractivity contribution < 1.29 is 0 Å². The number of nitrogens with zero attached hydrogens (tertiary/aromatic N) is 3. The standard InChI is InChI=1S/C31H19N3/c1-3-9-20(10-4-1)27-18-17-22-15-16-23-19-26-24-13-7-8-14-25(24)28(21-11-5-2-6-12-21)33-31(26)34-30(23)29(22)32-27/h1-19H. The smallest absolute Gasteiger partial charge is 0.161 e. The Kier molecular flexibility index (Phi) is 4.15. The molecule has 0 fully saturated rings. The van der Waals surface area contributed by atoms with Gasteiger partial charge in [-0.15, -0.1) is 0 Å². The third-order valence-corrected chi connectivity index (χ3v) is 6.43. The van der Waals surface area contributed by atoms with E-state index in [2.05, 4.69) is 78.9 Å². The maximum absolute atomic E-state index is 5.10. The number of benzene rings is 4. The monoisotopic (exact) mass is 433 g/mol. The van der Waals surface area contributed by atoms with Crippen LogP contribution in [-0.4, -0.2) is 15.0 Å². The largest absolute Gasteiger partial charge is 0.245 e. The third kappa shape index (κ3) is 2.95. The van der Waals surface area contributed by atoms with Gasteiger partial charge >= 0.3 is 0 Å². The first-order valence-corrected chi connectivity index (χ1v) is 11.4. The molecule has 3 heteroatoms. The summed E-state index contributed by atoms with van der Waals surface area (Å²) in [6.07, 6.45) is 0. The average Bonchev–Trinajstić information content (AvgIpc) is 2.92. The molecule has 7 aromatic rings. The van der Waals surface area contributed by atoms with Gasteiger partial charge in [-0.05, 0) is 17.5 Å². The first-order valence-electron chi connectivity index (χ1n) is 11.4. The highest BCUT2D eigenvalue weighted by Crippen LogP contribution is 2.34. The maximum atomic E-state index is 5.10. The lowest BCUT2D eigenvalue weighted by Crippen LogP contribution is -1.94. The molecule has 7 rings (SSSR count). The lowest BCUT2D eigenvalue weighted by Gasteiger charge is -2.11. The Labute approximate surface area is 196 Å². The molecule has 0 N–H and O–H groups in total. The van der Waals surface area contributed by atoms with E-state index in [1.54, 1.807) is 0 Å². The predicted octanol–water partition coefficient (Wildman–Crippen LogP) is 7.82. The Balaban J connectivity index is 1.57. The van der Waals surface area contributed by atoms with Crippen LogP contribution in [0.25, 0.3) is 66.1 Å². The zero-order chi connectivity index (χ0) is 22.5. The lowest BCUT2D eigenvalue weighted by molar-refractivity contribution is 1.33. The molecule has 0 aliphatic heterocycles. The van der Waals surface area contributed by atoms with Crippen LogP contribution in [0, 0.1) is 0 Å². The third-order valence-electron chi connectivity index (χ3n) is 6.43. The summed E-state index contributed by atoms with van der Waals surface area (Å²) in [5.74, 6) is 0. The van der Waals surface area contributed by atoms with Gasteiger partial charge in [0.1, 0.15) is 0 Å². The van der Waals surface area contributed by atoms with Crippen LogP contribution in [0.5, 0.6) is 0 Å². The summed E-state index contributed by atoms with van der Waals surface area (Å²) in [4.78, 5) is 15.2. The van der Waals surface area contributed by atoms with Crippen LogP contribution >= 0.6 is 0 Å². The Morgan fingerprint density at radius 3 is 1.82 bits per heavy atom. The van der Waals surface area contributed by atoms with Crippen molar-refractivity contribution in [2.75, 3.05) is 0 Å². The molecule has 0 saturated heterocycles. The van der Waals surface area contributed by atoms with Gasteiger partial charge in [0.05, 0.1) is 22.4 Å². The van der Waals surface area contributed by atoms with Crippen LogP contribution in [0.1, 0.15) is 0 Å². The summed E-state index contributed by atoms with van der Waals surface area (Å²) >= 11 is 0. The highest BCUT2D eigenvalue weighted by Gasteiger charge is 2.14. The van der Waals surface area contributed by atoms with Gasteiger partial charge in [0.15, 0.2) is 5.65 Å². The van der Waals surface area contributed by atoms with E-state index in [9.17, 15) is 0 Å². The van der Waals surface area contributed by atoms with Gasteiger partial charge < -0.3 is 0 Å². The van der Waals surface area contributed by atoms with Crippen molar-refractivity contribution in [3.05, 3.63) is 115 Å². The molecule has 0 aliphatic carbocycles. The van der Waals surface area contributed by atoms with Gasteiger partial charge in [0, 0.05) is 32.7 Å². The number of hydrogen-bond donors (Lipinski definition) is 0. The molecule has 3 nitrogen and oxygen atoms in total. The van der Waals surface area contributed by atoms with Gasteiger partial charge in [-0.25, -0.2) is 15.0 Å². The van der Waals surface area contributed by atoms with Gasteiger partial charge in [-0.3, -0.25) is 0 Å². The molecule has 0 radical (unpaired) electrons. The van der Waals surface area contributed by atoms with Crippen LogP contribution in [0.15, 0.2) is 115 Å². The minimum Gasteiger partial charge on any atom is -0.245 e. The van der Waals surface area contributed by atoms with Crippen LogP contribution in [-0.2, 0) is 0 Å². The topological polar surface area (TPSA) is 38.7 Å². The van der Waals surface area contributed by atoms with E-state index in [-0.39, 0.29) is 0 Å². The van der Waals surface area contributed by atoms with Crippen molar-refractivity contribution in [2.45, 2.75) is 0 Å². The molecule has 0 atom stereocenters. The molecule has 3 aromatic heterocycles. The molecule has 0 unspecified atom stereocenters. The number of hydrogen-bond acceptors (Lipinski definition) is 3. The summed E-state index contributed by atoms with van der Waals surface area (Å²) in [7, 11) is 0. The predicted molar refractivity (Wildman–Crippen MR) is 141 cm³/mol. The molecule has 34 heavy (non-hydrogen) atoms. The van der Waals surface area contributed by atoms with Gasteiger partial charge in [-0.1, -0.05) is 103 Å². The molecular weight excluding hydrogens is 414 g/mol. The van der Waals surface area contributed by atoms with E-state index in [4.69, 9.17) is 15.0 Å². The number of pyridine rings is 3. The van der Waals surface area contributed by atoms with Crippen LogP contribution in [0.3, 0.4) is 0 Å². The fourth-order valence-electron chi connectivity index (χ4n) is 4.77. The summed E-state index contributed by atoms with van der Waals surface area (Å²) in [5, 5.41) is 5.49. The van der Waals surface area contributed by atoms with E-state index in [0.29, 0.717) is 0 Å². The quantitative estimate of drug-likeness (QED) is 0.206. The van der Waals surface area contributed by atoms with Crippen molar-refractivity contribution in [3.63, 3.8) is 0 Å². The second-order valence-electron chi connectivity index (χ2n) is 8.50. The number of rotatable bonds is 2. The first-order chi connectivity index (χ1) is 16.8. The Morgan fingerprint density at radius 1 is 0.412 bits per heavy atom. The molecule has 0 amide bonds. The molecule has 0 saturated carbocycles. The summed E-state index contributed by atoms with van der Waals surface area (Å²) in [6, 6.07) is 39.7. The molecule has 4 aromatic carbocycles. The van der Waals surface area contributed by atoms with Crippen molar-refractivity contribution in [3.8, 4) is 22.5 Å². The second kappa shape index (κ2) is 7.46. The van der Waals surface area contributed by atoms with E-state index in [1.165, 1.54) is 0 Å². The molecule has 0 bridgehead atoms. The van der Waals surface area contributed by atoms with Gasteiger partial charge in [0.25, 0.3) is 0 Å². The summed E-state index contributed by atoms with van der Waals surface area (Å²) in [5.41, 5.74) is 6.60. The Morgan fingerprint density at radius 2 is 1.03 bits per heavy atom. The lowest BCUT2D eigenvalue weighted by atomic mass is 10.00. The van der Waals surface area contributed by atoms with E-state index in [0.717, 1.165) is 66.1 Å². The van der Waals surface area contributed by atoms with Crippen molar-refractivity contribution in [1.82, 2.24) is 15.0 Å². The molecule has 158 valence electrons. The zero-order valence-electron chi connectivity index (χ0n) is 18.3. The fourth-order valence-corrected chi connectivity index (χ4v) is 4.77. The van der Waals surface area contributed by atoms with Crippen molar-refractivity contribution in [2.24, 2.45) is 0 Å².